The first-order valence-corrected chi connectivity index (χ1v) is 11.6. The van der Waals surface area contributed by atoms with Crippen LogP contribution in [0.5, 0.6) is 11.5 Å². The number of nitrogens with zero attached hydrogens (tertiary/aromatic N) is 4. The number of hydrogen-bond acceptors (Lipinski definition) is 8. The van der Waals surface area contributed by atoms with Crippen molar-refractivity contribution >= 4 is 44.5 Å². The van der Waals surface area contributed by atoms with Crippen LogP contribution in [0.1, 0.15) is 45.6 Å². The molecule has 9 nitrogen and oxygen atoms in total. The number of methoxy groups -OCH3 is 2. The number of imidazole rings is 1. The average Bonchev–Trinajstić information content (AvgIpc) is 3.21. The molecule has 0 amide bonds. The summed E-state index contributed by atoms with van der Waals surface area (Å²) < 4.78 is 13.7. The standard InChI is InChI=1S/C22H29BrN6O3/c1-12(2)29-11-24-19-20(25-14-9-16(31-3)18(23)17(10-14)32-4)27-22(28-21(19)29)26-13-5-7-15(30)8-6-13/h9-13,15,30H,5-8H2,1-4H3,(H2,25,26,27,28). The molecule has 1 saturated carbocycles. The predicted octanol–water partition coefficient (Wildman–Crippen LogP) is 4.65. The third kappa shape index (κ3) is 4.61. The average molecular weight is 505 g/mol. The van der Waals surface area contributed by atoms with Crippen molar-refractivity contribution in [1.29, 1.82) is 0 Å². The molecule has 32 heavy (non-hydrogen) atoms. The maximum absolute atomic E-state index is 9.81. The summed E-state index contributed by atoms with van der Waals surface area (Å²) in [5, 5.41) is 16.6. The Bertz CT molecular complexity index is 1070. The van der Waals surface area contributed by atoms with Crippen molar-refractivity contribution in [2.24, 2.45) is 0 Å². The Hall–Kier alpha value is -2.59. The van der Waals surface area contributed by atoms with Crippen LogP contribution < -0.4 is 20.1 Å². The van der Waals surface area contributed by atoms with Gasteiger partial charge < -0.3 is 29.8 Å². The van der Waals surface area contributed by atoms with Gasteiger partial charge in [-0.25, -0.2) is 4.98 Å². The summed E-state index contributed by atoms with van der Waals surface area (Å²) in [5.74, 6) is 2.42. The predicted molar refractivity (Wildman–Crippen MR) is 128 cm³/mol. The van der Waals surface area contributed by atoms with Crippen LogP contribution in [0.4, 0.5) is 17.5 Å². The van der Waals surface area contributed by atoms with Gasteiger partial charge in [0.2, 0.25) is 5.95 Å². The number of anilines is 3. The van der Waals surface area contributed by atoms with Crippen molar-refractivity contribution in [3.05, 3.63) is 22.9 Å². The number of hydrogen-bond donors (Lipinski definition) is 3. The molecule has 1 aromatic carbocycles. The molecule has 0 aliphatic heterocycles. The van der Waals surface area contributed by atoms with E-state index >= 15 is 0 Å². The van der Waals surface area contributed by atoms with Gasteiger partial charge in [0.05, 0.1) is 26.7 Å². The molecule has 3 aromatic rings. The molecule has 1 aliphatic carbocycles. The number of fused-ring (bicyclic) bond motifs is 1. The van der Waals surface area contributed by atoms with Gasteiger partial charge in [0.1, 0.15) is 16.0 Å². The second-order valence-electron chi connectivity index (χ2n) is 8.28. The Kier molecular flexibility index (Phi) is 6.71. The minimum atomic E-state index is -0.210. The highest BCUT2D eigenvalue weighted by molar-refractivity contribution is 9.10. The monoisotopic (exact) mass is 504 g/mol. The Labute approximate surface area is 195 Å². The smallest absolute Gasteiger partial charge is 0.227 e. The third-order valence-electron chi connectivity index (χ3n) is 5.72. The number of benzene rings is 1. The molecular weight excluding hydrogens is 476 g/mol. The lowest BCUT2D eigenvalue weighted by molar-refractivity contribution is 0.126. The first kappa shape index (κ1) is 22.6. The van der Waals surface area contributed by atoms with E-state index in [4.69, 9.17) is 19.4 Å². The molecule has 4 rings (SSSR count). The van der Waals surface area contributed by atoms with Gasteiger partial charge in [-0.3, -0.25) is 0 Å². The topological polar surface area (TPSA) is 106 Å². The molecule has 0 bridgehead atoms. The van der Waals surface area contributed by atoms with E-state index in [-0.39, 0.29) is 18.2 Å². The maximum atomic E-state index is 9.81. The second kappa shape index (κ2) is 9.50. The molecule has 0 unspecified atom stereocenters. The number of nitrogens with one attached hydrogen (secondary N) is 2. The SMILES string of the molecule is COc1cc(Nc2nc(NC3CCC(O)CC3)nc3c2ncn3C(C)C)cc(OC)c1Br. The number of halogens is 1. The molecule has 2 aromatic heterocycles. The largest absolute Gasteiger partial charge is 0.495 e. The molecule has 10 heteroatoms. The van der Waals surface area contributed by atoms with Crippen LogP contribution in [0.2, 0.25) is 0 Å². The lowest BCUT2D eigenvalue weighted by atomic mass is 9.93. The van der Waals surface area contributed by atoms with Gasteiger partial charge >= 0.3 is 0 Å². The highest BCUT2D eigenvalue weighted by atomic mass is 79.9. The Morgan fingerprint density at radius 3 is 2.34 bits per heavy atom. The van der Waals surface area contributed by atoms with Gasteiger partial charge in [0.25, 0.3) is 0 Å². The Morgan fingerprint density at radius 1 is 1.09 bits per heavy atom. The Morgan fingerprint density at radius 2 is 1.75 bits per heavy atom. The van der Waals surface area contributed by atoms with Gasteiger partial charge in [0, 0.05) is 29.9 Å². The Balaban J connectivity index is 1.73. The van der Waals surface area contributed by atoms with Crippen molar-refractivity contribution in [3.8, 4) is 11.5 Å². The van der Waals surface area contributed by atoms with Gasteiger partial charge in [-0.15, -0.1) is 0 Å². The molecule has 2 heterocycles. The molecular formula is C22H29BrN6O3. The van der Waals surface area contributed by atoms with Crippen molar-refractivity contribution in [3.63, 3.8) is 0 Å². The van der Waals surface area contributed by atoms with Gasteiger partial charge in [-0.1, -0.05) is 0 Å². The first-order valence-electron chi connectivity index (χ1n) is 10.8. The van der Waals surface area contributed by atoms with Crippen molar-refractivity contribution in [2.45, 2.75) is 57.7 Å². The quantitative estimate of drug-likeness (QED) is 0.426. The van der Waals surface area contributed by atoms with Crippen LogP contribution in [-0.4, -0.2) is 51.0 Å². The van der Waals surface area contributed by atoms with E-state index in [1.54, 1.807) is 20.5 Å². The number of rotatable bonds is 7. The summed E-state index contributed by atoms with van der Waals surface area (Å²) in [6.07, 6.45) is 4.92. The van der Waals surface area contributed by atoms with Gasteiger partial charge in [0.15, 0.2) is 17.0 Å². The lowest BCUT2D eigenvalue weighted by Crippen LogP contribution is -2.29. The van der Waals surface area contributed by atoms with Crippen LogP contribution in [0.15, 0.2) is 22.9 Å². The van der Waals surface area contributed by atoms with Crippen LogP contribution in [0.25, 0.3) is 11.2 Å². The fourth-order valence-corrected chi connectivity index (χ4v) is 4.48. The number of ether oxygens (including phenoxy) is 2. The van der Waals surface area contributed by atoms with Crippen molar-refractivity contribution in [1.82, 2.24) is 19.5 Å². The second-order valence-corrected chi connectivity index (χ2v) is 9.08. The minimum Gasteiger partial charge on any atom is -0.495 e. The lowest BCUT2D eigenvalue weighted by Gasteiger charge is -2.26. The summed E-state index contributed by atoms with van der Waals surface area (Å²) in [4.78, 5) is 14.1. The van der Waals surface area contributed by atoms with Crippen LogP contribution in [0.3, 0.4) is 0 Å². The zero-order chi connectivity index (χ0) is 22.8. The molecule has 0 atom stereocenters. The van der Waals surface area contributed by atoms with Crippen molar-refractivity contribution in [2.75, 3.05) is 24.9 Å². The molecule has 1 fully saturated rings. The van der Waals surface area contributed by atoms with E-state index < -0.39 is 0 Å². The molecule has 3 N–H and O–H groups in total. The van der Waals surface area contributed by atoms with E-state index in [1.165, 1.54) is 0 Å². The zero-order valence-electron chi connectivity index (χ0n) is 18.7. The molecule has 1 aliphatic rings. The van der Waals surface area contributed by atoms with Gasteiger partial charge in [-0.05, 0) is 55.5 Å². The summed E-state index contributed by atoms with van der Waals surface area (Å²) in [7, 11) is 3.22. The summed E-state index contributed by atoms with van der Waals surface area (Å²) in [6, 6.07) is 4.17. The van der Waals surface area contributed by atoms with E-state index in [0.29, 0.717) is 28.8 Å². The molecule has 0 radical (unpaired) electrons. The van der Waals surface area contributed by atoms with Crippen LogP contribution in [-0.2, 0) is 0 Å². The highest BCUT2D eigenvalue weighted by Crippen LogP contribution is 2.39. The minimum absolute atomic E-state index is 0.202. The third-order valence-corrected chi connectivity index (χ3v) is 6.50. The number of aliphatic hydroxyl groups is 1. The van der Waals surface area contributed by atoms with Gasteiger partial charge in [-0.2, -0.15) is 9.97 Å². The summed E-state index contributed by atoms with van der Waals surface area (Å²) >= 11 is 3.50. The summed E-state index contributed by atoms with van der Waals surface area (Å²) in [6.45, 7) is 4.19. The fraction of sp³-hybridized carbons (Fsp3) is 0.500. The normalized spacial score (nSPS) is 18.7. The van der Waals surface area contributed by atoms with Crippen molar-refractivity contribution < 1.29 is 14.6 Å². The van der Waals surface area contributed by atoms with E-state index in [1.807, 2.05) is 16.7 Å². The van der Waals surface area contributed by atoms with Crippen LogP contribution in [0, 0.1) is 0 Å². The molecule has 0 saturated heterocycles. The summed E-state index contributed by atoms with van der Waals surface area (Å²) in [5.41, 5.74) is 2.20. The maximum Gasteiger partial charge on any atom is 0.227 e. The van der Waals surface area contributed by atoms with E-state index in [9.17, 15) is 5.11 Å². The number of aliphatic hydroxyl groups excluding tert-OH is 1. The fourth-order valence-electron chi connectivity index (χ4n) is 3.93. The van der Waals surface area contributed by atoms with Crippen LogP contribution >= 0.6 is 15.9 Å². The van der Waals surface area contributed by atoms with E-state index in [0.717, 1.165) is 41.5 Å². The first-order chi connectivity index (χ1) is 15.4. The molecule has 0 spiro atoms. The van der Waals surface area contributed by atoms with E-state index in [2.05, 4.69) is 45.4 Å². The zero-order valence-corrected chi connectivity index (χ0v) is 20.3. The highest BCUT2D eigenvalue weighted by Gasteiger charge is 2.22. The molecule has 172 valence electrons. The number of aromatic nitrogens is 4.